The van der Waals surface area contributed by atoms with E-state index in [1.807, 2.05) is 0 Å². The number of aryl methyl sites for hydroxylation is 2. The molecule has 0 spiro atoms. The van der Waals surface area contributed by atoms with Gasteiger partial charge < -0.3 is 10.6 Å². The van der Waals surface area contributed by atoms with Crippen LogP contribution < -0.4 is 10.6 Å². The third-order valence-electron chi connectivity index (χ3n) is 7.33. The highest BCUT2D eigenvalue weighted by atomic mass is 16.1. The molecule has 0 aromatic heterocycles. The number of benzene rings is 3. The van der Waals surface area contributed by atoms with Crippen LogP contribution in [0.5, 0.6) is 0 Å². The zero-order valence-electron chi connectivity index (χ0n) is 20.6. The zero-order chi connectivity index (χ0) is 23.7. The SMILES string of the molecule is CCCCNC(=O)c1cc(-c2c(C)cccc2C)c2c(c1)C(N1CCNCC1)c1ccccc1-2. The highest BCUT2D eigenvalue weighted by Crippen LogP contribution is 2.51. The molecule has 1 aliphatic heterocycles. The molecule has 4 heteroatoms. The molecule has 34 heavy (non-hydrogen) atoms. The number of nitrogens with one attached hydrogen (secondary N) is 2. The molecular formula is C30H35N3O. The number of fused-ring (bicyclic) bond motifs is 3. The van der Waals surface area contributed by atoms with E-state index in [0.29, 0.717) is 6.54 Å². The Morgan fingerprint density at radius 2 is 1.68 bits per heavy atom. The summed E-state index contributed by atoms with van der Waals surface area (Å²) in [4.78, 5) is 15.9. The first-order valence-electron chi connectivity index (χ1n) is 12.7. The summed E-state index contributed by atoms with van der Waals surface area (Å²) in [5, 5.41) is 6.64. The summed E-state index contributed by atoms with van der Waals surface area (Å²) in [6.07, 6.45) is 2.06. The molecule has 2 aliphatic rings. The monoisotopic (exact) mass is 453 g/mol. The normalized spacial score (nSPS) is 17.3. The summed E-state index contributed by atoms with van der Waals surface area (Å²) in [6, 6.07) is 19.8. The van der Waals surface area contributed by atoms with E-state index in [4.69, 9.17) is 0 Å². The van der Waals surface area contributed by atoms with E-state index in [-0.39, 0.29) is 11.9 Å². The van der Waals surface area contributed by atoms with Gasteiger partial charge in [-0.25, -0.2) is 0 Å². The highest BCUT2D eigenvalue weighted by molar-refractivity contribution is 6.01. The van der Waals surface area contributed by atoms with Crippen LogP contribution in [0.1, 0.15) is 58.4 Å². The van der Waals surface area contributed by atoms with Crippen LogP contribution in [-0.2, 0) is 0 Å². The Labute approximate surface area is 203 Å². The Kier molecular flexibility index (Phi) is 6.53. The van der Waals surface area contributed by atoms with Crippen molar-refractivity contribution in [3.63, 3.8) is 0 Å². The van der Waals surface area contributed by atoms with Gasteiger partial charge >= 0.3 is 0 Å². The lowest BCUT2D eigenvalue weighted by atomic mass is 9.87. The molecule has 4 nitrogen and oxygen atoms in total. The van der Waals surface area contributed by atoms with Crippen molar-refractivity contribution < 1.29 is 4.79 Å². The molecule has 3 aromatic carbocycles. The fraction of sp³-hybridized carbons (Fsp3) is 0.367. The quantitative estimate of drug-likeness (QED) is 0.486. The summed E-state index contributed by atoms with van der Waals surface area (Å²) >= 11 is 0. The number of carbonyl (C=O) groups is 1. The van der Waals surface area contributed by atoms with Crippen LogP contribution in [0.25, 0.3) is 22.3 Å². The molecule has 3 aromatic rings. The van der Waals surface area contributed by atoms with E-state index in [2.05, 4.69) is 90.9 Å². The van der Waals surface area contributed by atoms with E-state index in [1.54, 1.807) is 0 Å². The lowest BCUT2D eigenvalue weighted by Crippen LogP contribution is -2.45. The number of carbonyl (C=O) groups excluding carboxylic acids is 1. The first-order valence-corrected chi connectivity index (χ1v) is 12.7. The van der Waals surface area contributed by atoms with Crippen molar-refractivity contribution >= 4 is 5.91 Å². The van der Waals surface area contributed by atoms with E-state index in [1.165, 1.54) is 44.5 Å². The lowest BCUT2D eigenvalue weighted by Gasteiger charge is -2.34. The number of piperazine rings is 1. The van der Waals surface area contributed by atoms with Gasteiger partial charge in [0, 0.05) is 38.3 Å². The summed E-state index contributed by atoms with van der Waals surface area (Å²) < 4.78 is 0. The van der Waals surface area contributed by atoms with Crippen LogP contribution in [0.2, 0.25) is 0 Å². The molecule has 2 N–H and O–H groups in total. The van der Waals surface area contributed by atoms with Crippen molar-refractivity contribution in [2.24, 2.45) is 0 Å². The van der Waals surface area contributed by atoms with Gasteiger partial charge in [-0.3, -0.25) is 9.69 Å². The second-order valence-electron chi connectivity index (χ2n) is 9.64. The number of rotatable bonds is 6. The van der Waals surface area contributed by atoms with Gasteiger partial charge in [-0.15, -0.1) is 0 Å². The third-order valence-corrected chi connectivity index (χ3v) is 7.33. The number of hydrogen-bond donors (Lipinski definition) is 2. The zero-order valence-corrected chi connectivity index (χ0v) is 20.6. The number of unbranched alkanes of at least 4 members (excludes halogenated alkanes) is 1. The van der Waals surface area contributed by atoms with Crippen LogP contribution in [0, 0.1) is 13.8 Å². The number of hydrogen-bond acceptors (Lipinski definition) is 3. The second kappa shape index (κ2) is 9.73. The van der Waals surface area contributed by atoms with Crippen molar-refractivity contribution in [2.75, 3.05) is 32.7 Å². The summed E-state index contributed by atoms with van der Waals surface area (Å²) in [5.74, 6) is 0.0266. The van der Waals surface area contributed by atoms with Crippen molar-refractivity contribution in [3.05, 3.63) is 82.4 Å². The molecule has 1 unspecified atom stereocenters. The van der Waals surface area contributed by atoms with Gasteiger partial charge in [0.1, 0.15) is 0 Å². The second-order valence-corrected chi connectivity index (χ2v) is 9.64. The van der Waals surface area contributed by atoms with E-state index >= 15 is 0 Å². The maximum absolute atomic E-state index is 13.3. The number of nitrogens with zero attached hydrogens (tertiary/aromatic N) is 1. The Morgan fingerprint density at radius 3 is 2.41 bits per heavy atom. The molecule has 1 atom stereocenters. The molecule has 0 bridgehead atoms. The van der Waals surface area contributed by atoms with E-state index < -0.39 is 0 Å². The van der Waals surface area contributed by atoms with Gasteiger partial charge in [0.25, 0.3) is 5.91 Å². The third kappa shape index (κ3) is 4.06. The molecule has 176 valence electrons. The van der Waals surface area contributed by atoms with Crippen molar-refractivity contribution in [1.82, 2.24) is 15.5 Å². The maximum Gasteiger partial charge on any atom is 0.251 e. The van der Waals surface area contributed by atoms with Gasteiger partial charge in [-0.05, 0) is 76.9 Å². The van der Waals surface area contributed by atoms with Gasteiger partial charge in [0.2, 0.25) is 0 Å². The Morgan fingerprint density at radius 1 is 0.941 bits per heavy atom. The lowest BCUT2D eigenvalue weighted by molar-refractivity contribution is 0.0953. The smallest absolute Gasteiger partial charge is 0.251 e. The van der Waals surface area contributed by atoms with Crippen LogP contribution in [0.3, 0.4) is 0 Å². The molecule has 0 saturated carbocycles. The summed E-state index contributed by atoms with van der Waals surface area (Å²) in [6.45, 7) is 11.2. The molecule has 1 aliphatic carbocycles. The average molecular weight is 454 g/mol. The first kappa shape index (κ1) is 22.8. The fourth-order valence-corrected chi connectivity index (χ4v) is 5.69. The molecular weight excluding hydrogens is 418 g/mol. The van der Waals surface area contributed by atoms with Gasteiger partial charge in [0.05, 0.1) is 6.04 Å². The van der Waals surface area contributed by atoms with Gasteiger partial charge in [-0.2, -0.15) is 0 Å². The molecule has 0 radical (unpaired) electrons. The summed E-state index contributed by atoms with van der Waals surface area (Å²) in [7, 11) is 0. The standard InChI is InChI=1S/C30H35N3O/c1-4-5-13-32-30(34)22-18-25(27-20(2)9-8-10-21(27)3)28-23-11-6-7-12-24(23)29(26(28)19-22)33-16-14-31-15-17-33/h6-12,18-19,29,31H,4-5,13-17H2,1-3H3,(H,32,34). The van der Waals surface area contributed by atoms with E-state index in [0.717, 1.165) is 44.6 Å². The minimum absolute atomic E-state index is 0.0266. The number of amides is 1. The molecule has 5 rings (SSSR count). The highest BCUT2D eigenvalue weighted by Gasteiger charge is 2.36. The van der Waals surface area contributed by atoms with Crippen LogP contribution >= 0.6 is 0 Å². The average Bonchev–Trinajstić information content (AvgIpc) is 3.19. The summed E-state index contributed by atoms with van der Waals surface area (Å²) in [5.41, 5.74) is 10.9. The minimum Gasteiger partial charge on any atom is -0.352 e. The van der Waals surface area contributed by atoms with Crippen molar-refractivity contribution in [3.8, 4) is 22.3 Å². The Hall–Kier alpha value is -2.95. The van der Waals surface area contributed by atoms with Crippen molar-refractivity contribution in [1.29, 1.82) is 0 Å². The predicted molar refractivity (Wildman–Crippen MR) is 140 cm³/mol. The van der Waals surface area contributed by atoms with Gasteiger partial charge in [0.15, 0.2) is 0 Å². The first-order chi connectivity index (χ1) is 16.6. The fourth-order valence-electron chi connectivity index (χ4n) is 5.69. The predicted octanol–water partition coefficient (Wildman–Crippen LogP) is 5.48. The molecule has 1 fully saturated rings. The maximum atomic E-state index is 13.3. The van der Waals surface area contributed by atoms with Crippen LogP contribution in [0.15, 0.2) is 54.6 Å². The molecule has 1 saturated heterocycles. The Balaban J connectivity index is 1.73. The van der Waals surface area contributed by atoms with Gasteiger partial charge in [-0.1, -0.05) is 55.8 Å². The van der Waals surface area contributed by atoms with Crippen LogP contribution in [-0.4, -0.2) is 43.5 Å². The topological polar surface area (TPSA) is 44.4 Å². The molecule has 1 heterocycles. The largest absolute Gasteiger partial charge is 0.352 e. The van der Waals surface area contributed by atoms with Crippen molar-refractivity contribution in [2.45, 2.75) is 39.7 Å². The van der Waals surface area contributed by atoms with Crippen LogP contribution in [0.4, 0.5) is 0 Å². The van der Waals surface area contributed by atoms with E-state index in [9.17, 15) is 4.79 Å². The Bertz CT molecular complexity index is 1190. The minimum atomic E-state index is 0.0266. The molecule has 1 amide bonds.